The van der Waals surface area contributed by atoms with Gasteiger partial charge in [0.1, 0.15) is 23.5 Å². The Morgan fingerprint density at radius 1 is 0.946 bits per heavy atom. The van der Waals surface area contributed by atoms with Crippen LogP contribution in [0.2, 0.25) is 0 Å². The molecule has 0 spiro atoms. The number of carbonyl (C=O) groups excluding carboxylic acids is 1. The number of hydrogen-bond donors (Lipinski definition) is 1. The lowest BCUT2D eigenvalue weighted by atomic mass is 9.87. The van der Waals surface area contributed by atoms with Crippen molar-refractivity contribution in [1.29, 1.82) is 5.26 Å². The Morgan fingerprint density at radius 3 is 2.38 bits per heavy atom. The van der Waals surface area contributed by atoms with Crippen LogP contribution in [0.15, 0.2) is 90.0 Å². The largest absolute Gasteiger partial charge is 0.489 e. The first kappa shape index (κ1) is 24.6. The molecule has 3 aromatic carbocycles. The number of aryl methyl sites for hydroxylation is 1. The van der Waals surface area contributed by atoms with Gasteiger partial charge in [-0.1, -0.05) is 72.4 Å². The van der Waals surface area contributed by atoms with Crippen molar-refractivity contribution in [3.63, 3.8) is 0 Å². The smallest absolute Gasteiger partial charge is 0.234 e. The molecule has 0 aliphatic heterocycles. The zero-order valence-electron chi connectivity index (χ0n) is 20.4. The number of benzene rings is 3. The molecule has 1 aromatic heterocycles. The average Bonchev–Trinajstić information content (AvgIpc) is 2.95. The molecule has 6 heteroatoms. The number of anilines is 1. The lowest BCUT2D eigenvalue weighted by Gasteiger charge is -2.22. The summed E-state index contributed by atoms with van der Waals surface area (Å²) in [6.45, 7) is 0.500. The molecule has 0 unspecified atom stereocenters. The van der Waals surface area contributed by atoms with E-state index in [0.29, 0.717) is 17.2 Å². The second kappa shape index (κ2) is 11.8. The molecular weight excluding hydrogens is 478 g/mol. The van der Waals surface area contributed by atoms with Crippen LogP contribution in [-0.4, -0.2) is 16.6 Å². The van der Waals surface area contributed by atoms with E-state index in [9.17, 15) is 10.1 Å². The molecule has 0 saturated heterocycles. The van der Waals surface area contributed by atoms with Gasteiger partial charge in [-0.25, -0.2) is 4.98 Å². The summed E-state index contributed by atoms with van der Waals surface area (Å²) in [4.78, 5) is 17.4. The first-order valence-electron chi connectivity index (χ1n) is 12.4. The number of ether oxygens (including phenoxy) is 1. The van der Waals surface area contributed by atoms with Crippen LogP contribution in [0.5, 0.6) is 5.75 Å². The minimum absolute atomic E-state index is 0.124. The van der Waals surface area contributed by atoms with E-state index in [1.165, 1.54) is 11.8 Å². The molecule has 5 rings (SSSR count). The van der Waals surface area contributed by atoms with Crippen LogP contribution in [0.25, 0.3) is 11.1 Å². The van der Waals surface area contributed by atoms with Gasteiger partial charge in [0.2, 0.25) is 5.91 Å². The summed E-state index contributed by atoms with van der Waals surface area (Å²) in [5.41, 5.74) is 6.50. The molecule has 1 heterocycles. The fraction of sp³-hybridized carbons (Fsp3) is 0.194. The van der Waals surface area contributed by atoms with Gasteiger partial charge < -0.3 is 10.1 Å². The summed E-state index contributed by atoms with van der Waals surface area (Å²) >= 11 is 1.32. The Labute approximate surface area is 221 Å². The number of amides is 1. The van der Waals surface area contributed by atoms with Crippen molar-refractivity contribution in [2.45, 2.75) is 37.3 Å². The number of pyridine rings is 1. The van der Waals surface area contributed by atoms with Gasteiger partial charge in [-0.05, 0) is 66.6 Å². The van der Waals surface area contributed by atoms with Gasteiger partial charge in [-0.2, -0.15) is 5.26 Å². The summed E-state index contributed by atoms with van der Waals surface area (Å²) in [6.07, 6.45) is 3.95. The predicted molar refractivity (Wildman–Crippen MR) is 148 cm³/mol. The molecule has 1 aliphatic carbocycles. The van der Waals surface area contributed by atoms with E-state index in [0.717, 1.165) is 65.1 Å². The SMILES string of the molecule is N#Cc1c(SCC(=O)Nc2ccccc2)nc2c(c1-c1ccc(OCc3ccccc3)cc1)CCCC2. The molecule has 0 atom stereocenters. The molecule has 4 aromatic rings. The highest BCUT2D eigenvalue weighted by Gasteiger charge is 2.23. The highest BCUT2D eigenvalue weighted by molar-refractivity contribution is 8.00. The average molecular weight is 506 g/mol. The van der Waals surface area contributed by atoms with Gasteiger partial charge >= 0.3 is 0 Å². The zero-order chi connectivity index (χ0) is 25.5. The van der Waals surface area contributed by atoms with Crippen molar-refractivity contribution in [3.8, 4) is 22.9 Å². The summed E-state index contributed by atoms with van der Waals surface area (Å²) < 4.78 is 5.96. The van der Waals surface area contributed by atoms with Gasteiger partial charge in [0.15, 0.2) is 0 Å². The van der Waals surface area contributed by atoms with E-state index in [1.807, 2.05) is 84.9 Å². The number of rotatable bonds is 8. The number of fused-ring (bicyclic) bond motifs is 1. The van der Waals surface area contributed by atoms with Crippen LogP contribution in [0.4, 0.5) is 5.69 Å². The minimum Gasteiger partial charge on any atom is -0.489 e. The van der Waals surface area contributed by atoms with Gasteiger partial charge in [0.25, 0.3) is 0 Å². The van der Waals surface area contributed by atoms with Crippen LogP contribution >= 0.6 is 11.8 Å². The minimum atomic E-state index is -0.124. The standard InChI is InChI=1S/C31H27N3O2S/c32-19-27-30(23-15-17-25(18-16-23)36-20-22-9-3-1-4-10-22)26-13-7-8-14-28(26)34-31(27)37-21-29(35)33-24-11-5-2-6-12-24/h1-6,9-12,15-18H,7-8,13-14,20-21H2,(H,33,35). The summed E-state index contributed by atoms with van der Waals surface area (Å²) in [5, 5.41) is 13.7. The molecule has 0 radical (unpaired) electrons. The summed E-state index contributed by atoms with van der Waals surface area (Å²) in [7, 11) is 0. The third-order valence-corrected chi connectivity index (χ3v) is 7.32. The molecule has 184 valence electrons. The van der Waals surface area contributed by atoms with Crippen LogP contribution < -0.4 is 10.1 Å². The van der Waals surface area contributed by atoms with Gasteiger partial charge in [-0.15, -0.1) is 0 Å². The maximum absolute atomic E-state index is 12.6. The van der Waals surface area contributed by atoms with Crippen LogP contribution in [0.3, 0.4) is 0 Å². The van der Waals surface area contributed by atoms with E-state index in [2.05, 4.69) is 11.4 Å². The predicted octanol–water partition coefficient (Wildman–Crippen LogP) is 6.81. The van der Waals surface area contributed by atoms with Gasteiger partial charge in [0, 0.05) is 16.9 Å². The van der Waals surface area contributed by atoms with Crippen molar-refractivity contribution in [2.75, 3.05) is 11.1 Å². The highest BCUT2D eigenvalue weighted by atomic mass is 32.2. The molecule has 0 saturated carbocycles. The van der Waals surface area contributed by atoms with Crippen molar-refractivity contribution in [2.24, 2.45) is 0 Å². The van der Waals surface area contributed by atoms with E-state index in [4.69, 9.17) is 9.72 Å². The second-order valence-electron chi connectivity index (χ2n) is 8.91. The third kappa shape index (κ3) is 6.02. The van der Waals surface area contributed by atoms with Gasteiger partial charge in [0.05, 0.1) is 11.3 Å². The maximum atomic E-state index is 12.6. The number of nitrogens with zero attached hydrogens (tertiary/aromatic N) is 2. The van der Waals surface area contributed by atoms with Crippen molar-refractivity contribution in [1.82, 2.24) is 4.98 Å². The molecule has 5 nitrogen and oxygen atoms in total. The maximum Gasteiger partial charge on any atom is 0.234 e. The molecule has 1 N–H and O–H groups in total. The Balaban J connectivity index is 1.39. The Hall–Kier alpha value is -4.08. The molecule has 0 fully saturated rings. The topological polar surface area (TPSA) is 75.0 Å². The van der Waals surface area contributed by atoms with Crippen LogP contribution in [0.1, 0.15) is 35.2 Å². The molecular formula is C31H27N3O2S. The van der Waals surface area contributed by atoms with Crippen molar-refractivity contribution >= 4 is 23.4 Å². The number of hydrogen-bond acceptors (Lipinski definition) is 5. The first-order chi connectivity index (χ1) is 18.2. The van der Waals surface area contributed by atoms with Crippen molar-refractivity contribution in [3.05, 3.63) is 107 Å². The van der Waals surface area contributed by atoms with E-state index < -0.39 is 0 Å². The number of thioether (sulfide) groups is 1. The number of nitrogens with one attached hydrogen (secondary N) is 1. The lowest BCUT2D eigenvalue weighted by molar-refractivity contribution is -0.113. The molecule has 0 bridgehead atoms. The molecule has 37 heavy (non-hydrogen) atoms. The number of para-hydroxylation sites is 1. The number of nitriles is 1. The monoisotopic (exact) mass is 505 g/mol. The van der Waals surface area contributed by atoms with E-state index in [-0.39, 0.29) is 11.7 Å². The normalized spacial score (nSPS) is 12.3. The first-order valence-corrected chi connectivity index (χ1v) is 13.4. The Bertz CT molecular complexity index is 1420. The summed E-state index contributed by atoms with van der Waals surface area (Å²) in [5.74, 6) is 0.837. The quantitative estimate of drug-likeness (QED) is 0.266. The van der Waals surface area contributed by atoms with E-state index in [1.54, 1.807) is 0 Å². The lowest BCUT2D eigenvalue weighted by Crippen LogP contribution is -2.15. The molecule has 1 aliphatic rings. The Morgan fingerprint density at radius 2 is 1.65 bits per heavy atom. The number of carbonyl (C=O) groups is 1. The summed E-state index contributed by atoms with van der Waals surface area (Å²) in [6, 6.07) is 29.8. The highest BCUT2D eigenvalue weighted by Crippen LogP contribution is 2.38. The van der Waals surface area contributed by atoms with Crippen LogP contribution in [0, 0.1) is 11.3 Å². The third-order valence-electron chi connectivity index (χ3n) is 6.34. The van der Waals surface area contributed by atoms with E-state index >= 15 is 0 Å². The Kier molecular flexibility index (Phi) is 7.83. The zero-order valence-corrected chi connectivity index (χ0v) is 21.3. The second-order valence-corrected chi connectivity index (χ2v) is 9.88. The molecule has 1 amide bonds. The van der Waals surface area contributed by atoms with Crippen LogP contribution in [-0.2, 0) is 24.2 Å². The fourth-order valence-corrected chi connectivity index (χ4v) is 5.36. The number of aromatic nitrogens is 1. The van der Waals surface area contributed by atoms with Gasteiger partial charge in [-0.3, -0.25) is 4.79 Å². The fourth-order valence-electron chi connectivity index (χ4n) is 4.56. The van der Waals surface area contributed by atoms with Crippen molar-refractivity contribution < 1.29 is 9.53 Å².